The maximum Gasteiger partial charge on any atom is 0.325 e. The van der Waals surface area contributed by atoms with E-state index in [1.54, 1.807) is 13.0 Å². The van der Waals surface area contributed by atoms with Crippen LogP contribution in [0.1, 0.15) is 26.7 Å². The number of nitrogens with zero attached hydrogens (tertiary/aromatic N) is 2. The Morgan fingerprint density at radius 3 is 2.73 bits per heavy atom. The van der Waals surface area contributed by atoms with E-state index in [1.807, 2.05) is 6.92 Å². The average molecular weight is 370 g/mol. The first-order valence-corrected chi connectivity index (χ1v) is 8.77. The van der Waals surface area contributed by atoms with Crippen molar-refractivity contribution in [2.45, 2.75) is 45.0 Å². The summed E-state index contributed by atoms with van der Waals surface area (Å²) in [5.41, 5.74) is 6.18. The van der Waals surface area contributed by atoms with Crippen molar-refractivity contribution in [3.63, 3.8) is 0 Å². The maximum atomic E-state index is 12.9. The second-order valence-electron chi connectivity index (χ2n) is 6.04. The number of ether oxygens (including phenoxy) is 2. The lowest BCUT2D eigenvalue weighted by molar-refractivity contribution is -0.153. The second-order valence-corrected chi connectivity index (χ2v) is 6.04. The highest BCUT2D eigenvalue weighted by atomic mass is 16.5. The van der Waals surface area contributed by atoms with Gasteiger partial charge in [0, 0.05) is 20.2 Å². The molecule has 0 aromatic carbocycles. The van der Waals surface area contributed by atoms with E-state index in [-0.39, 0.29) is 19.1 Å². The van der Waals surface area contributed by atoms with E-state index >= 15 is 0 Å². The van der Waals surface area contributed by atoms with Crippen molar-refractivity contribution >= 4 is 17.8 Å². The molecule has 0 bridgehead atoms. The average Bonchev–Trinajstić information content (AvgIpc) is 2.60. The van der Waals surface area contributed by atoms with Gasteiger partial charge in [0.15, 0.2) is 0 Å². The Labute approximate surface area is 154 Å². The van der Waals surface area contributed by atoms with E-state index in [0.717, 1.165) is 0 Å². The largest absolute Gasteiger partial charge is 0.383 e. The molecule has 0 aromatic rings. The number of methoxy groups -OCH3 is 1. The number of imide groups is 1. The van der Waals surface area contributed by atoms with Gasteiger partial charge in [0.2, 0.25) is 0 Å². The van der Waals surface area contributed by atoms with Gasteiger partial charge in [0.25, 0.3) is 11.8 Å². The molecule has 1 saturated heterocycles. The van der Waals surface area contributed by atoms with Crippen molar-refractivity contribution in [1.29, 1.82) is 0 Å². The molecule has 1 aliphatic rings. The van der Waals surface area contributed by atoms with E-state index in [2.05, 4.69) is 11.9 Å². The molecule has 1 fully saturated rings. The summed E-state index contributed by atoms with van der Waals surface area (Å²) >= 11 is 0. The van der Waals surface area contributed by atoms with Crippen LogP contribution in [0.3, 0.4) is 0 Å². The third-order valence-electron chi connectivity index (χ3n) is 4.10. The molecule has 1 heterocycles. The van der Waals surface area contributed by atoms with Crippen molar-refractivity contribution in [3.05, 3.63) is 12.7 Å². The minimum absolute atomic E-state index is 0.157. The summed E-state index contributed by atoms with van der Waals surface area (Å²) in [5, 5.41) is 2.28. The van der Waals surface area contributed by atoms with Crippen LogP contribution in [0.4, 0.5) is 4.79 Å². The van der Waals surface area contributed by atoms with Crippen LogP contribution < -0.4 is 11.1 Å². The number of amides is 4. The predicted octanol–water partition coefficient (Wildman–Crippen LogP) is 0.0578. The zero-order valence-electron chi connectivity index (χ0n) is 15.8. The van der Waals surface area contributed by atoms with Crippen LogP contribution in [-0.2, 0) is 19.1 Å². The standard InChI is InChI=1S/C17H30N4O5/c1-5-7-10-26-12(3)16(23)20(9-11-25-4)13-14(18)21(8-6-2)17(24)19-15(13)22/h5,12-14H,1,6-11,18H2,2-4H3,(H,19,22,24). The van der Waals surface area contributed by atoms with Gasteiger partial charge in [-0.15, -0.1) is 6.58 Å². The number of carbonyl (C=O) groups is 3. The monoisotopic (exact) mass is 370 g/mol. The van der Waals surface area contributed by atoms with Crippen molar-refractivity contribution in [1.82, 2.24) is 15.1 Å². The fraction of sp³-hybridized carbons (Fsp3) is 0.706. The van der Waals surface area contributed by atoms with Gasteiger partial charge in [-0.1, -0.05) is 13.0 Å². The van der Waals surface area contributed by atoms with Gasteiger partial charge in [-0.25, -0.2) is 4.79 Å². The van der Waals surface area contributed by atoms with Gasteiger partial charge in [-0.2, -0.15) is 0 Å². The van der Waals surface area contributed by atoms with E-state index in [4.69, 9.17) is 15.2 Å². The van der Waals surface area contributed by atoms with Gasteiger partial charge in [0.1, 0.15) is 18.3 Å². The normalized spacial score (nSPS) is 21.3. The Bertz CT molecular complexity index is 513. The number of hydrogen-bond donors (Lipinski definition) is 2. The van der Waals surface area contributed by atoms with Crippen LogP contribution in [-0.4, -0.2) is 79.4 Å². The number of hydrogen-bond acceptors (Lipinski definition) is 6. The molecular formula is C17H30N4O5. The quantitative estimate of drug-likeness (QED) is 0.393. The van der Waals surface area contributed by atoms with Crippen LogP contribution >= 0.6 is 0 Å². The molecule has 0 aliphatic carbocycles. The number of carbonyl (C=O) groups excluding carboxylic acids is 3. The SMILES string of the molecule is C=CCCOC(C)C(=O)N(CCOC)C1C(=O)NC(=O)N(CCC)C1N. The van der Waals surface area contributed by atoms with E-state index in [1.165, 1.54) is 16.9 Å². The highest BCUT2D eigenvalue weighted by molar-refractivity contribution is 6.02. The van der Waals surface area contributed by atoms with Crippen LogP contribution in [0.5, 0.6) is 0 Å². The smallest absolute Gasteiger partial charge is 0.325 e. The van der Waals surface area contributed by atoms with Crippen molar-refractivity contribution < 1.29 is 23.9 Å². The Morgan fingerprint density at radius 1 is 1.46 bits per heavy atom. The Morgan fingerprint density at radius 2 is 2.15 bits per heavy atom. The highest BCUT2D eigenvalue weighted by Crippen LogP contribution is 2.16. The zero-order chi connectivity index (χ0) is 19.7. The Hall–Kier alpha value is -1.97. The summed E-state index contributed by atoms with van der Waals surface area (Å²) in [7, 11) is 1.50. The fourth-order valence-electron chi connectivity index (χ4n) is 2.74. The molecule has 26 heavy (non-hydrogen) atoms. The van der Waals surface area contributed by atoms with Gasteiger partial charge in [-0.05, 0) is 19.8 Å². The number of urea groups is 1. The zero-order valence-corrected chi connectivity index (χ0v) is 15.8. The van der Waals surface area contributed by atoms with E-state index in [0.29, 0.717) is 26.0 Å². The first-order chi connectivity index (χ1) is 12.4. The maximum absolute atomic E-state index is 12.9. The van der Waals surface area contributed by atoms with Crippen LogP contribution in [0, 0.1) is 0 Å². The summed E-state index contributed by atoms with van der Waals surface area (Å²) < 4.78 is 10.6. The summed E-state index contributed by atoms with van der Waals surface area (Å²) in [5.74, 6) is -0.981. The molecule has 4 amide bonds. The lowest BCUT2D eigenvalue weighted by Gasteiger charge is -2.43. The van der Waals surface area contributed by atoms with Gasteiger partial charge in [-0.3, -0.25) is 14.9 Å². The summed E-state index contributed by atoms with van der Waals surface area (Å²) in [6, 6.07) is -1.55. The number of nitrogens with one attached hydrogen (secondary N) is 1. The third kappa shape index (κ3) is 5.52. The van der Waals surface area contributed by atoms with Gasteiger partial charge in [0.05, 0.1) is 13.2 Å². The van der Waals surface area contributed by atoms with Crippen LogP contribution in [0.2, 0.25) is 0 Å². The summed E-state index contributed by atoms with van der Waals surface area (Å²) in [6.45, 7) is 8.23. The van der Waals surface area contributed by atoms with Crippen molar-refractivity contribution in [2.75, 3.05) is 33.4 Å². The molecule has 9 heteroatoms. The van der Waals surface area contributed by atoms with Crippen molar-refractivity contribution in [2.24, 2.45) is 5.73 Å². The summed E-state index contributed by atoms with van der Waals surface area (Å²) in [4.78, 5) is 40.0. The molecule has 0 aromatic heterocycles. The first kappa shape index (κ1) is 22.1. The summed E-state index contributed by atoms with van der Waals surface area (Å²) in [6.07, 6.45) is 1.28. The molecule has 0 spiro atoms. The minimum atomic E-state index is -1.01. The first-order valence-electron chi connectivity index (χ1n) is 8.77. The molecule has 1 aliphatic heterocycles. The molecule has 9 nitrogen and oxygen atoms in total. The molecular weight excluding hydrogens is 340 g/mol. The van der Waals surface area contributed by atoms with Gasteiger partial charge >= 0.3 is 6.03 Å². The minimum Gasteiger partial charge on any atom is -0.383 e. The topological polar surface area (TPSA) is 114 Å². The van der Waals surface area contributed by atoms with E-state index in [9.17, 15) is 14.4 Å². The lowest BCUT2D eigenvalue weighted by atomic mass is 10.1. The fourth-order valence-corrected chi connectivity index (χ4v) is 2.74. The Balaban J connectivity index is 3.00. The van der Waals surface area contributed by atoms with Crippen LogP contribution in [0.25, 0.3) is 0 Å². The molecule has 3 atom stereocenters. The number of nitrogens with two attached hydrogens (primary N) is 1. The lowest BCUT2D eigenvalue weighted by Crippen LogP contribution is -2.72. The van der Waals surface area contributed by atoms with E-state index < -0.39 is 30.2 Å². The molecule has 0 radical (unpaired) electrons. The number of rotatable bonds is 11. The Kier molecular flexibility index (Phi) is 9.25. The molecule has 3 N–H and O–H groups in total. The molecule has 3 unspecified atom stereocenters. The molecule has 1 rings (SSSR count). The third-order valence-corrected chi connectivity index (χ3v) is 4.10. The highest BCUT2D eigenvalue weighted by Gasteiger charge is 2.44. The molecule has 0 saturated carbocycles. The predicted molar refractivity (Wildman–Crippen MR) is 96.1 cm³/mol. The second kappa shape index (κ2) is 10.9. The van der Waals surface area contributed by atoms with Gasteiger partial charge < -0.3 is 25.0 Å². The van der Waals surface area contributed by atoms with Crippen molar-refractivity contribution in [3.8, 4) is 0 Å². The van der Waals surface area contributed by atoms with Crippen LogP contribution in [0.15, 0.2) is 12.7 Å². The molecule has 148 valence electrons.